The predicted molar refractivity (Wildman–Crippen MR) is 95.5 cm³/mol. The molecule has 2 aromatic carbocycles. The maximum Gasteiger partial charge on any atom is 0.185 e. The average molecular weight is 327 g/mol. The van der Waals surface area contributed by atoms with E-state index in [4.69, 9.17) is 14.2 Å². The maximum absolute atomic E-state index is 12.3. The molecule has 0 aliphatic heterocycles. The van der Waals surface area contributed by atoms with E-state index >= 15 is 0 Å². The molecule has 0 aromatic heterocycles. The minimum absolute atomic E-state index is 0.0995. The number of allylic oxidation sites excluding steroid dienone is 1. The molecule has 0 fully saturated rings. The smallest absolute Gasteiger partial charge is 0.185 e. The Morgan fingerprint density at radius 2 is 1.54 bits per heavy atom. The van der Waals surface area contributed by atoms with Crippen LogP contribution in [0.3, 0.4) is 0 Å². The van der Waals surface area contributed by atoms with Crippen molar-refractivity contribution < 1.29 is 19.0 Å². The molecular formula is C19H21NO4. The fourth-order valence-electron chi connectivity index (χ4n) is 2.25. The molecule has 0 aliphatic carbocycles. The van der Waals surface area contributed by atoms with Crippen LogP contribution < -0.4 is 19.5 Å². The van der Waals surface area contributed by atoms with Gasteiger partial charge in [-0.15, -0.1) is 0 Å². The zero-order chi connectivity index (χ0) is 17.5. The highest BCUT2D eigenvalue weighted by Crippen LogP contribution is 2.35. The first kappa shape index (κ1) is 17.4. The Labute approximate surface area is 141 Å². The van der Waals surface area contributed by atoms with Crippen LogP contribution in [0.2, 0.25) is 0 Å². The highest BCUT2D eigenvalue weighted by atomic mass is 16.5. The van der Waals surface area contributed by atoms with E-state index in [-0.39, 0.29) is 5.78 Å². The number of hydrogen-bond donors (Lipinski definition) is 1. The molecule has 5 heteroatoms. The molecule has 1 N–H and O–H groups in total. The SMILES string of the molecule is CNc1ccc(C(=O)C=Cc2c(OC)cc(OC)cc2OC)cc1. The summed E-state index contributed by atoms with van der Waals surface area (Å²) in [7, 11) is 6.52. The summed E-state index contributed by atoms with van der Waals surface area (Å²) in [4.78, 5) is 12.3. The first-order chi connectivity index (χ1) is 11.6. The molecule has 126 valence electrons. The van der Waals surface area contributed by atoms with Gasteiger partial charge in [0.2, 0.25) is 0 Å². The molecular weight excluding hydrogens is 306 g/mol. The van der Waals surface area contributed by atoms with Gasteiger partial charge in [-0.1, -0.05) is 0 Å². The summed E-state index contributed by atoms with van der Waals surface area (Å²) >= 11 is 0. The van der Waals surface area contributed by atoms with Crippen molar-refractivity contribution in [3.63, 3.8) is 0 Å². The van der Waals surface area contributed by atoms with Crippen molar-refractivity contribution in [1.29, 1.82) is 0 Å². The highest BCUT2D eigenvalue weighted by molar-refractivity contribution is 6.07. The molecule has 0 bridgehead atoms. The van der Waals surface area contributed by atoms with E-state index in [1.807, 2.05) is 19.2 Å². The minimum atomic E-state index is -0.0995. The van der Waals surface area contributed by atoms with Gasteiger partial charge in [-0.25, -0.2) is 0 Å². The van der Waals surface area contributed by atoms with E-state index in [1.165, 1.54) is 6.08 Å². The molecule has 0 heterocycles. The van der Waals surface area contributed by atoms with Crippen molar-refractivity contribution in [2.75, 3.05) is 33.7 Å². The van der Waals surface area contributed by atoms with Crippen LogP contribution >= 0.6 is 0 Å². The van der Waals surface area contributed by atoms with Gasteiger partial charge in [0.25, 0.3) is 0 Å². The van der Waals surface area contributed by atoms with Crippen molar-refractivity contribution in [2.45, 2.75) is 0 Å². The van der Waals surface area contributed by atoms with E-state index in [2.05, 4.69) is 5.32 Å². The van der Waals surface area contributed by atoms with Crippen LogP contribution in [-0.2, 0) is 0 Å². The lowest BCUT2D eigenvalue weighted by molar-refractivity contribution is 0.104. The Morgan fingerprint density at radius 3 is 2.00 bits per heavy atom. The van der Waals surface area contributed by atoms with Crippen molar-refractivity contribution in [3.8, 4) is 17.2 Å². The summed E-state index contributed by atoms with van der Waals surface area (Å²) in [5, 5.41) is 3.02. The number of anilines is 1. The van der Waals surface area contributed by atoms with Gasteiger partial charge < -0.3 is 19.5 Å². The van der Waals surface area contributed by atoms with Crippen LogP contribution in [0.5, 0.6) is 17.2 Å². The summed E-state index contributed by atoms with van der Waals surface area (Å²) in [5.74, 6) is 1.66. The Bertz CT molecular complexity index is 711. The standard InChI is InChI=1S/C19H21NO4/c1-20-14-7-5-13(6-8-14)17(21)10-9-16-18(23-3)11-15(22-2)12-19(16)24-4/h5-12,20H,1-4H3. The zero-order valence-electron chi connectivity index (χ0n) is 14.3. The molecule has 2 aromatic rings. The molecule has 0 aliphatic rings. The number of ether oxygens (including phenoxy) is 3. The van der Waals surface area contributed by atoms with Gasteiger partial charge in [-0.05, 0) is 36.4 Å². The van der Waals surface area contributed by atoms with Crippen molar-refractivity contribution in [3.05, 3.63) is 53.6 Å². The third-order valence-corrected chi connectivity index (χ3v) is 3.61. The van der Waals surface area contributed by atoms with Gasteiger partial charge in [0.1, 0.15) is 17.2 Å². The number of nitrogens with one attached hydrogen (secondary N) is 1. The normalized spacial score (nSPS) is 10.5. The molecule has 5 nitrogen and oxygen atoms in total. The Balaban J connectivity index is 2.31. The number of ketones is 1. The van der Waals surface area contributed by atoms with E-state index in [9.17, 15) is 4.79 Å². The van der Waals surface area contributed by atoms with Crippen LogP contribution in [0.15, 0.2) is 42.5 Å². The van der Waals surface area contributed by atoms with Crippen molar-refractivity contribution in [2.24, 2.45) is 0 Å². The molecule has 0 radical (unpaired) electrons. The second kappa shape index (κ2) is 8.06. The number of rotatable bonds is 7. The van der Waals surface area contributed by atoms with Crippen LogP contribution in [0.25, 0.3) is 6.08 Å². The Kier molecular flexibility index (Phi) is 5.84. The quantitative estimate of drug-likeness (QED) is 0.621. The lowest BCUT2D eigenvalue weighted by atomic mass is 10.1. The zero-order valence-corrected chi connectivity index (χ0v) is 14.3. The van der Waals surface area contributed by atoms with Gasteiger partial charge in [0.05, 0.1) is 26.9 Å². The molecule has 0 spiro atoms. The van der Waals surface area contributed by atoms with Crippen LogP contribution in [0.4, 0.5) is 5.69 Å². The van der Waals surface area contributed by atoms with Crippen molar-refractivity contribution in [1.82, 2.24) is 0 Å². The predicted octanol–water partition coefficient (Wildman–Crippen LogP) is 3.65. The van der Waals surface area contributed by atoms with E-state index in [1.54, 1.807) is 51.7 Å². The molecule has 2 rings (SSSR count). The summed E-state index contributed by atoms with van der Waals surface area (Å²) < 4.78 is 15.9. The van der Waals surface area contributed by atoms with Crippen LogP contribution in [-0.4, -0.2) is 34.2 Å². The van der Waals surface area contributed by atoms with Crippen molar-refractivity contribution >= 4 is 17.5 Å². The number of benzene rings is 2. The molecule has 0 saturated heterocycles. The number of carbonyl (C=O) groups is 1. The van der Waals surface area contributed by atoms with Gasteiger partial charge in [-0.2, -0.15) is 0 Å². The lowest BCUT2D eigenvalue weighted by Crippen LogP contribution is -1.97. The summed E-state index contributed by atoms with van der Waals surface area (Å²) in [6.07, 6.45) is 3.19. The second-order valence-corrected chi connectivity index (χ2v) is 4.97. The number of hydrogen-bond acceptors (Lipinski definition) is 5. The molecule has 0 unspecified atom stereocenters. The summed E-state index contributed by atoms with van der Waals surface area (Å²) in [6.45, 7) is 0. The third-order valence-electron chi connectivity index (χ3n) is 3.61. The first-order valence-corrected chi connectivity index (χ1v) is 7.43. The molecule has 0 saturated carbocycles. The van der Waals surface area contributed by atoms with Gasteiger partial charge in [-0.3, -0.25) is 4.79 Å². The maximum atomic E-state index is 12.3. The average Bonchev–Trinajstić information content (AvgIpc) is 2.65. The largest absolute Gasteiger partial charge is 0.496 e. The van der Waals surface area contributed by atoms with Crippen LogP contribution in [0.1, 0.15) is 15.9 Å². The van der Waals surface area contributed by atoms with E-state index in [0.29, 0.717) is 28.4 Å². The number of methoxy groups -OCH3 is 3. The van der Waals surface area contributed by atoms with E-state index in [0.717, 1.165) is 5.69 Å². The van der Waals surface area contributed by atoms with E-state index < -0.39 is 0 Å². The summed E-state index contributed by atoms with van der Waals surface area (Å²) in [5.41, 5.74) is 2.24. The fraction of sp³-hybridized carbons (Fsp3) is 0.211. The lowest BCUT2D eigenvalue weighted by Gasteiger charge is -2.12. The monoisotopic (exact) mass is 327 g/mol. The minimum Gasteiger partial charge on any atom is -0.496 e. The van der Waals surface area contributed by atoms with Gasteiger partial charge in [0.15, 0.2) is 5.78 Å². The third kappa shape index (κ3) is 3.87. The van der Waals surface area contributed by atoms with Crippen LogP contribution in [0, 0.1) is 0 Å². The number of carbonyl (C=O) groups excluding carboxylic acids is 1. The van der Waals surface area contributed by atoms with Gasteiger partial charge >= 0.3 is 0 Å². The Hall–Kier alpha value is -2.95. The molecule has 0 amide bonds. The Morgan fingerprint density at radius 1 is 0.958 bits per heavy atom. The summed E-state index contributed by atoms with van der Waals surface area (Å²) in [6, 6.07) is 10.8. The second-order valence-electron chi connectivity index (χ2n) is 4.97. The molecule has 24 heavy (non-hydrogen) atoms. The molecule has 0 atom stereocenters. The fourth-order valence-corrected chi connectivity index (χ4v) is 2.25. The first-order valence-electron chi connectivity index (χ1n) is 7.43. The van der Waals surface area contributed by atoms with Gasteiger partial charge in [0, 0.05) is 30.4 Å². The topological polar surface area (TPSA) is 56.8 Å². The highest BCUT2D eigenvalue weighted by Gasteiger charge is 2.11.